The zero-order valence-electron chi connectivity index (χ0n) is 8.06. The Labute approximate surface area is 90.1 Å². The van der Waals surface area contributed by atoms with Gasteiger partial charge in [-0.1, -0.05) is 26.0 Å². The summed E-state index contributed by atoms with van der Waals surface area (Å²) in [5, 5.41) is 0. The molecule has 3 heteroatoms. The third kappa shape index (κ3) is 4.27. The Morgan fingerprint density at radius 2 is 2.15 bits per heavy atom. The summed E-state index contributed by atoms with van der Waals surface area (Å²) in [5.74, 6) is 0.444. The predicted octanol–water partition coefficient (Wildman–Crippen LogP) is 2.17. The number of rotatable bonds is 3. The minimum atomic E-state index is 0. The van der Waals surface area contributed by atoms with E-state index in [1.165, 1.54) is 0 Å². The monoisotopic (exact) mass is 245 g/mol. The zero-order valence-corrected chi connectivity index (χ0v) is 9.78. The Morgan fingerprint density at radius 1 is 1.46 bits per heavy atom. The summed E-state index contributed by atoms with van der Waals surface area (Å²) >= 11 is 0. The minimum Gasteiger partial charge on any atom is -0.366 e. The number of halogens is 1. The van der Waals surface area contributed by atoms with Gasteiger partial charge in [0.1, 0.15) is 0 Å². The topological polar surface area (TPSA) is 20.3 Å². The number of carbonyl (C=O) groups is 1. The second-order valence-electron chi connectivity index (χ2n) is 3.32. The molecule has 0 saturated carbocycles. The van der Waals surface area contributed by atoms with Crippen LogP contribution in [-0.2, 0) is 4.79 Å². The maximum Gasteiger partial charge on any atom is 0.154 e. The molecule has 74 valence electrons. The van der Waals surface area contributed by atoms with E-state index < -0.39 is 0 Å². The summed E-state index contributed by atoms with van der Waals surface area (Å²) in [7, 11) is 0. The number of allylic oxidation sites excluding steroid dienone is 2. The van der Waals surface area contributed by atoms with Crippen molar-refractivity contribution in [1.82, 2.24) is 4.90 Å². The number of Topliss-reactive ketones (excluding diaryl/α,β-unsaturated/α-hetero) is 1. The maximum atomic E-state index is 11.3. The number of hydrogen-bond acceptors (Lipinski definition) is 2. The van der Waals surface area contributed by atoms with Gasteiger partial charge in [-0.3, -0.25) is 4.79 Å². The van der Waals surface area contributed by atoms with Gasteiger partial charge in [-0.2, -0.15) is 0 Å². The zero-order chi connectivity index (χ0) is 8.97. The molecule has 0 bridgehead atoms. The van der Waals surface area contributed by atoms with Crippen LogP contribution in [0.4, 0.5) is 0 Å². The molecule has 0 spiro atoms. The molecule has 0 aromatic heterocycles. The Bertz CT molecular complexity index is 221. The van der Waals surface area contributed by atoms with Crippen molar-refractivity contribution in [3.05, 3.63) is 24.4 Å². The molecular formula is C10H16BrNO. The SMILES string of the molecule is Br.CC(C)C(=O)CN1C=CC=CC1. The molecule has 0 saturated heterocycles. The minimum absolute atomic E-state index is 0. The Kier molecular flexibility index (Phi) is 5.71. The third-order valence-electron chi connectivity index (χ3n) is 1.89. The fourth-order valence-electron chi connectivity index (χ4n) is 1.01. The van der Waals surface area contributed by atoms with Crippen LogP contribution in [0.2, 0.25) is 0 Å². The number of ketones is 1. The molecule has 2 nitrogen and oxygen atoms in total. The molecule has 13 heavy (non-hydrogen) atoms. The van der Waals surface area contributed by atoms with Crippen molar-refractivity contribution in [3.63, 3.8) is 0 Å². The lowest BCUT2D eigenvalue weighted by Gasteiger charge is -2.20. The van der Waals surface area contributed by atoms with E-state index in [1.807, 2.05) is 43.2 Å². The van der Waals surface area contributed by atoms with Gasteiger partial charge in [0.25, 0.3) is 0 Å². The van der Waals surface area contributed by atoms with Crippen LogP contribution in [0.25, 0.3) is 0 Å². The molecule has 1 heterocycles. The van der Waals surface area contributed by atoms with Gasteiger partial charge in [-0.05, 0) is 12.3 Å². The van der Waals surface area contributed by atoms with Crippen LogP contribution in [0.5, 0.6) is 0 Å². The standard InChI is InChI=1S/C10H15NO.BrH/c1-9(2)10(12)8-11-6-4-3-5-7-11;/h3-6,9H,7-8H2,1-2H3;1H. The number of hydrogen-bond donors (Lipinski definition) is 0. The van der Waals surface area contributed by atoms with E-state index in [0.717, 1.165) is 6.54 Å². The molecule has 1 aliphatic heterocycles. The van der Waals surface area contributed by atoms with Crippen LogP contribution < -0.4 is 0 Å². The van der Waals surface area contributed by atoms with Crippen LogP contribution in [0, 0.1) is 5.92 Å². The summed E-state index contributed by atoms with van der Waals surface area (Å²) in [6.07, 6.45) is 7.96. The molecule has 1 aliphatic rings. The lowest BCUT2D eigenvalue weighted by molar-refractivity contribution is -0.122. The summed E-state index contributed by atoms with van der Waals surface area (Å²) < 4.78 is 0. The predicted molar refractivity (Wildman–Crippen MR) is 60.0 cm³/mol. The van der Waals surface area contributed by atoms with Crippen molar-refractivity contribution < 1.29 is 4.79 Å². The van der Waals surface area contributed by atoms with Crippen molar-refractivity contribution in [2.24, 2.45) is 5.92 Å². The van der Waals surface area contributed by atoms with E-state index >= 15 is 0 Å². The lowest BCUT2D eigenvalue weighted by atomic mass is 10.1. The van der Waals surface area contributed by atoms with E-state index in [1.54, 1.807) is 0 Å². The number of carbonyl (C=O) groups excluding carboxylic acids is 1. The normalized spacial score (nSPS) is 14.5. The van der Waals surface area contributed by atoms with Crippen molar-refractivity contribution in [2.45, 2.75) is 13.8 Å². The maximum absolute atomic E-state index is 11.3. The second-order valence-corrected chi connectivity index (χ2v) is 3.32. The Hall–Kier alpha value is -0.570. The molecule has 1 rings (SSSR count). The highest BCUT2D eigenvalue weighted by atomic mass is 79.9. The van der Waals surface area contributed by atoms with Gasteiger partial charge in [0, 0.05) is 12.5 Å². The van der Waals surface area contributed by atoms with Crippen LogP contribution >= 0.6 is 17.0 Å². The first-order valence-electron chi connectivity index (χ1n) is 4.30. The van der Waals surface area contributed by atoms with Crippen LogP contribution in [-0.4, -0.2) is 23.8 Å². The van der Waals surface area contributed by atoms with E-state index in [0.29, 0.717) is 12.3 Å². The lowest BCUT2D eigenvalue weighted by Crippen LogP contribution is -2.28. The van der Waals surface area contributed by atoms with Gasteiger partial charge < -0.3 is 4.90 Å². The third-order valence-corrected chi connectivity index (χ3v) is 1.89. The average Bonchev–Trinajstić information content (AvgIpc) is 2.06. The van der Waals surface area contributed by atoms with E-state index in [-0.39, 0.29) is 22.9 Å². The van der Waals surface area contributed by atoms with E-state index in [4.69, 9.17) is 0 Å². The summed E-state index contributed by atoms with van der Waals surface area (Å²) in [4.78, 5) is 13.3. The number of nitrogens with zero attached hydrogens (tertiary/aromatic N) is 1. The fraction of sp³-hybridized carbons (Fsp3) is 0.500. The summed E-state index contributed by atoms with van der Waals surface area (Å²) in [6.45, 7) is 5.27. The largest absolute Gasteiger partial charge is 0.366 e. The molecule has 0 aromatic carbocycles. The van der Waals surface area contributed by atoms with Gasteiger partial charge in [0.15, 0.2) is 5.78 Å². The van der Waals surface area contributed by atoms with Crippen LogP contribution in [0.3, 0.4) is 0 Å². The molecule has 0 aromatic rings. The van der Waals surface area contributed by atoms with Gasteiger partial charge in [0.05, 0.1) is 6.54 Å². The molecular weight excluding hydrogens is 230 g/mol. The van der Waals surface area contributed by atoms with Crippen molar-refractivity contribution in [2.75, 3.05) is 13.1 Å². The average molecular weight is 246 g/mol. The second kappa shape index (κ2) is 5.97. The van der Waals surface area contributed by atoms with Crippen molar-refractivity contribution in [1.29, 1.82) is 0 Å². The molecule has 0 amide bonds. The quantitative estimate of drug-likeness (QED) is 0.760. The molecule has 0 atom stereocenters. The van der Waals surface area contributed by atoms with E-state index in [9.17, 15) is 4.79 Å². The first-order valence-corrected chi connectivity index (χ1v) is 4.30. The van der Waals surface area contributed by atoms with E-state index in [2.05, 4.69) is 0 Å². The van der Waals surface area contributed by atoms with Gasteiger partial charge in [-0.25, -0.2) is 0 Å². The van der Waals surface area contributed by atoms with Gasteiger partial charge in [0.2, 0.25) is 0 Å². The van der Waals surface area contributed by atoms with Crippen molar-refractivity contribution in [3.8, 4) is 0 Å². The molecule has 0 N–H and O–H groups in total. The summed E-state index contributed by atoms with van der Waals surface area (Å²) in [5.41, 5.74) is 0. The van der Waals surface area contributed by atoms with Crippen molar-refractivity contribution >= 4 is 22.8 Å². The Balaban J connectivity index is 0.00000144. The first-order chi connectivity index (χ1) is 5.70. The van der Waals surface area contributed by atoms with Crippen LogP contribution in [0.1, 0.15) is 13.8 Å². The molecule has 0 aliphatic carbocycles. The molecule has 0 fully saturated rings. The Morgan fingerprint density at radius 3 is 2.62 bits per heavy atom. The highest BCUT2D eigenvalue weighted by Crippen LogP contribution is 2.01. The molecule has 0 unspecified atom stereocenters. The highest BCUT2D eigenvalue weighted by molar-refractivity contribution is 8.93. The van der Waals surface area contributed by atoms with Crippen LogP contribution in [0.15, 0.2) is 24.4 Å². The molecule has 0 radical (unpaired) electrons. The first kappa shape index (κ1) is 12.4. The smallest absolute Gasteiger partial charge is 0.154 e. The van der Waals surface area contributed by atoms with Gasteiger partial charge >= 0.3 is 0 Å². The fourth-order valence-corrected chi connectivity index (χ4v) is 1.01. The van der Waals surface area contributed by atoms with Gasteiger partial charge in [-0.15, -0.1) is 17.0 Å². The highest BCUT2D eigenvalue weighted by Gasteiger charge is 2.10. The summed E-state index contributed by atoms with van der Waals surface area (Å²) in [6, 6.07) is 0.